The first kappa shape index (κ1) is 12.3. The second kappa shape index (κ2) is 5.45. The molecule has 2 aliphatic rings. The molecule has 4 heteroatoms. The summed E-state index contributed by atoms with van der Waals surface area (Å²) < 4.78 is 5.57. The Morgan fingerprint density at radius 1 is 1.38 bits per heavy atom. The van der Waals surface area contributed by atoms with E-state index in [-0.39, 0.29) is 0 Å². The molecule has 0 radical (unpaired) electrons. The lowest BCUT2D eigenvalue weighted by atomic mass is 10.00. The van der Waals surface area contributed by atoms with Crippen LogP contribution in [0, 0.1) is 0 Å². The van der Waals surface area contributed by atoms with Gasteiger partial charge in [-0.25, -0.2) is 0 Å². The van der Waals surface area contributed by atoms with Crippen LogP contribution in [0.2, 0.25) is 0 Å². The molecule has 0 bridgehead atoms. The number of nitrogens with zero attached hydrogens (tertiary/aromatic N) is 2. The predicted molar refractivity (Wildman–Crippen MR) is 65.5 cm³/mol. The smallest absolute Gasteiger partial charge is 0.0636 e. The van der Waals surface area contributed by atoms with Crippen molar-refractivity contribution in [2.24, 2.45) is 5.73 Å². The molecule has 0 amide bonds. The highest BCUT2D eigenvalue weighted by Gasteiger charge is 2.32. The van der Waals surface area contributed by atoms with Gasteiger partial charge in [-0.1, -0.05) is 6.92 Å². The number of rotatable bonds is 2. The maximum atomic E-state index is 6.20. The summed E-state index contributed by atoms with van der Waals surface area (Å²) in [6.45, 7) is 7.36. The SMILES string of the molecule is CCC1CN(C2COCCC2N)CCN1C. The molecule has 2 rings (SSSR count). The first-order valence-electron chi connectivity index (χ1n) is 6.50. The van der Waals surface area contributed by atoms with Gasteiger partial charge in [0.05, 0.1) is 6.61 Å². The highest BCUT2D eigenvalue weighted by molar-refractivity contribution is 4.90. The van der Waals surface area contributed by atoms with Crippen molar-refractivity contribution in [3.8, 4) is 0 Å². The minimum atomic E-state index is 0.301. The molecule has 0 aliphatic carbocycles. The van der Waals surface area contributed by atoms with Gasteiger partial charge >= 0.3 is 0 Å². The number of likely N-dealkylation sites (N-methyl/N-ethyl adjacent to an activating group) is 1. The first-order chi connectivity index (χ1) is 7.72. The molecule has 2 N–H and O–H groups in total. The summed E-state index contributed by atoms with van der Waals surface area (Å²) >= 11 is 0. The lowest BCUT2D eigenvalue weighted by Crippen LogP contribution is -2.61. The maximum Gasteiger partial charge on any atom is 0.0636 e. The Balaban J connectivity index is 1.93. The van der Waals surface area contributed by atoms with E-state index in [2.05, 4.69) is 23.8 Å². The van der Waals surface area contributed by atoms with Gasteiger partial charge in [0.15, 0.2) is 0 Å². The van der Waals surface area contributed by atoms with Crippen LogP contribution >= 0.6 is 0 Å². The molecule has 3 unspecified atom stereocenters. The van der Waals surface area contributed by atoms with Crippen LogP contribution in [0.25, 0.3) is 0 Å². The summed E-state index contributed by atoms with van der Waals surface area (Å²) in [6, 6.07) is 1.43. The minimum absolute atomic E-state index is 0.301. The summed E-state index contributed by atoms with van der Waals surface area (Å²) in [5.74, 6) is 0. The fraction of sp³-hybridized carbons (Fsp3) is 1.00. The lowest BCUT2D eigenvalue weighted by molar-refractivity contribution is -0.0230. The number of hydrogen-bond donors (Lipinski definition) is 1. The molecule has 16 heavy (non-hydrogen) atoms. The van der Waals surface area contributed by atoms with Crippen LogP contribution in [-0.2, 0) is 4.74 Å². The van der Waals surface area contributed by atoms with E-state index in [9.17, 15) is 0 Å². The van der Waals surface area contributed by atoms with Gasteiger partial charge in [0.1, 0.15) is 0 Å². The molecule has 2 saturated heterocycles. The van der Waals surface area contributed by atoms with E-state index in [0.29, 0.717) is 18.1 Å². The fourth-order valence-electron chi connectivity index (χ4n) is 2.83. The van der Waals surface area contributed by atoms with E-state index >= 15 is 0 Å². The molecule has 0 saturated carbocycles. The van der Waals surface area contributed by atoms with Gasteiger partial charge in [0.2, 0.25) is 0 Å². The van der Waals surface area contributed by atoms with E-state index in [4.69, 9.17) is 10.5 Å². The zero-order chi connectivity index (χ0) is 11.5. The monoisotopic (exact) mass is 227 g/mol. The topological polar surface area (TPSA) is 41.7 Å². The molecule has 2 aliphatic heterocycles. The van der Waals surface area contributed by atoms with E-state index in [0.717, 1.165) is 39.3 Å². The molecule has 4 nitrogen and oxygen atoms in total. The van der Waals surface area contributed by atoms with Gasteiger partial charge < -0.3 is 15.4 Å². The second-order valence-corrected chi connectivity index (χ2v) is 5.13. The Hall–Kier alpha value is -0.160. The van der Waals surface area contributed by atoms with Crippen LogP contribution in [0.5, 0.6) is 0 Å². The van der Waals surface area contributed by atoms with Gasteiger partial charge in [-0.05, 0) is 19.9 Å². The molecule has 2 heterocycles. The highest BCUT2D eigenvalue weighted by atomic mass is 16.5. The van der Waals surface area contributed by atoms with Crippen molar-refractivity contribution in [2.75, 3.05) is 39.9 Å². The van der Waals surface area contributed by atoms with Crippen LogP contribution in [-0.4, -0.2) is 67.8 Å². The van der Waals surface area contributed by atoms with E-state index in [1.54, 1.807) is 0 Å². The Kier molecular flexibility index (Phi) is 4.19. The highest BCUT2D eigenvalue weighted by Crippen LogP contribution is 2.18. The molecular weight excluding hydrogens is 202 g/mol. The van der Waals surface area contributed by atoms with Gasteiger partial charge in [-0.2, -0.15) is 0 Å². The van der Waals surface area contributed by atoms with Gasteiger partial charge in [-0.3, -0.25) is 4.90 Å². The van der Waals surface area contributed by atoms with E-state index in [1.165, 1.54) is 6.42 Å². The van der Waals surface area contributed by atoms with E-state index in [1.807, 2.05) is 0 Å². The fourth-order valence-corrected chi connectivity index (χ4v) is 2.83. The molecule has 94 valence electrons. The zero-order valence-corrected chi connectivity index (χ0v) is 10.6. The first-order valence-corrected chi connectivity index (χ1v) is 6.50. The van der Waals surface area contributed by atoms with E-state index < -0.39 is 0 Å². The average Bonchev–Trinajstić information content (AvgIpc) is 2.31. The van der Waals surface area contributed by atoms with Crippen molar-refractivity contribution in [3.63, 3.8) is 0 Å². The molecule has 3 atom stereocenters. The van der Waals surface area contributed by atoms with Crippen molar-refractivity contribution >= 4 is 0 Å². The largest absolute Gasteiger partial charge is 0.380 e. The van der Waals surface area contributed by atoms with Crippen LogP contribution < -0.4 is 5.73 Å². The normalized spacial score (nSPS) is 38.8. The summed E-state index contributed by atoms with van der Waals surface area (Å²) in [4.78, 5) is 5.00. The van der Waals surface area contributed by atoms with Crippen LogP contribution in [0.1, 0.15) is 19.8 Å². The van der Waals surface area contributed by atoms with Gasteiger partial charge in [0.25, 0.3) is 0 Å². The third-order valence-corrected chi connectivity index (χ3v) is 4.13. The quantitative estimate of drug-likeness (QED) is 0.728. The Bertz CT molecular complexity index is 224. The Morgan fingerprint density at radius 2 is 2.19 bits per heavy atom. The van der Waals surface area contributed by atoms with Crippen molar-refractivity contribution in [2.45, 2.75) is 37.9 Å². The van der Waals surface area contributed by atoms with Crippen LogP contribution in [0.3, 0.4) is 0 Å². The third kappa shape index (κ3) is 2.56. The van der Waals surface area contributed by atoms with Crippen molar-refractivity contribution in [1.82, 2.24) is 9.80 Å². The summed E-state index contributed by atoms with van der Waals surface area (Å²) in [7, 11) is 2.23. The summed E-state index contributed by atoms with van der Waals surface area (Å²) in [5, 5.41) is 0. The van der Waals surface area contributed by atoms with Crippen LogP contribution in [0.15, 0.2) is 0 Å². The molecular formula is C12H25N3O. The Morgan fingerprint density at radius 3 is 2.88 bits per heavy atom. The van der Waals surface area contributed by atoms with Gasteiger partial charge in [0, 0.05) is 44.4 Å². The predicted octanol–water partition coefficient (Wildman–Crippen LogP) is 0.129. The second-order valence-electron chi connectivity index (χ2n) is 5.13. The van der Waals surface area contributed by atoms with Crippen molar-refractivity contribution < 1.29 is 4.74 Å². The van der Waals surface area contributed by atoms with Crippen molar-refractivity contribution in [3.05, 3.63) is 0 Å². The molecule has 0 aromatic heterocycles. The molecule has 2 fully saturated rings. The minimum Gasteiger partial charge on any atom is -0.380 e. The number of nitrogens with two attached hydrogens (primary N) is 1. The third-order valence-electron chi connectivity index (χ3n) is 4.13. The zero-order valence-electron chi connectivity index (χ0n) is 10.6. The Labute approximate surface area is 98.7 Å². The maximum absolute atomic E-state index is 6.20. The number of ether oxygens (including phenoxy) is 1. The van der Waals surface area contributed by atoms with Crippen LogP contribution in [0.4, 0.5) is 0 Å². The lowest BCUT2D eigenvalue weighted by Gasteiger charge is -2.45. The molecule has 0 spiro atoms. The molecule has 0 aromatic rings. The number of hydrogen-bond acceptors (Lipinski definition) is 4. The number of piperazine rings is 1. The molecule has 0 aromatic carbocycles. The summed E-state index contributed by atoms with van der Waals surface area (Å²) in [6.07, 6.45) is 2.23. The van der Waals surface area contributed by atoms with Crippen molar-refractivity contribution in [1.29, 1.82) is 0 Å². The van der Waals surface area contributed by atoms with Gasteiger partial charge in [-0.15, -0.1) is 0 Å². The average molecular weight is 227 g/mol. The summed E-state index contributed by atoms with van der Waals surface area (Å²) in [5.41, 5.74) is 6.20. The standard InChI is InChI=1S/C12H25N3O/c1-3-10-8-15(6-5-14(10)2)12-9-16-7-4-11(12)13/h10-12H,3-9,13H2,1-2H3.